The highest BCUT2D eigenvalue weighted by molar-refractivity contribution is 5.80. The number of fused-ring (bicyclic) bond motifs is 1. The van der Waals surface area contributed by atoms with E-state index in [4.69, 9.17) is 9.47 Å². The number of hydrogen-bond donors (Lipinski definition) is 1. The predicted octanol–water partition coefficient (Wildman–Crippen LogP) is 4.31. The fourth-order valence-corrected chi connectivity index (χ4v) is 5.00. The average Bonchev–Trinajstić information content (AvgIpc) is 3.44. The highest BCUT2D eigenvalue weighted by atomic mass is 16.5. The number of nitrogens with one attached hydrogen (secondary N) is 1. The van der Waals surface area contributed by atoms with Gasteiger partial charge in [0.2, 0.25) is 0 Å². The Labute approximate surface area is 233 Å². The third kappa shape index (κ3) is 6.11. The Morgan fingerprint density at radius 3 is 2.58 bits per heavy atom. The summed E-state index contributed by atoms with van der Waals surface area (Å²) in [5, 5.41) is 13.6. The van der Waals surface area contributed by atoms with Gasteiger partial charge in [0.15, 0.2) is 5.82 Å². The number of aromatic nitrogens is 5. The van der Waals surface area contributed by atoms with Crippen LogP contribution in [0.1, 0.15) is 34.1 Å². The molecule has 0 spiro atoms. The molecule has 206 valence electrons. The van der Waals surface area contributed by atoms with Crippen molar-refractivity contribution in [2.24, 2.45) is 0 Å². The van der Waals surface area contributed by atoms with Gasteiger partial charge in [0, 0.05) is 36.7 Å². The first-order valence-electron chi connectivity index (χ1n) is 13.4. The summed E-state index contributed by atoms with van der Waals surface area (Å²) in [6, 6.07) is 25.7. The summed E-state index contributed by atoms with van der Waals surface area (Å²) in [5.41, 5.74) is 4.70. The minimum atomic E-state index is -0.519. The number of aryl methyl sites for hydroxylation is 1. The normalized spacial score (nSPS) is 12.2. The second-order valence-corrected chi connectivity index (χ2v) is 9.80. The number of ether oxygens (including phenoxy) is 2. The lowest BCUT2D eigenvalue weighted by Crippen LogP contribution is -2.36. The van der Waals surface area contributed by atoms with E-state index in [-0.39, 0.29) is 5.56 Å². The highest BCUT2D eigenvalue weighted by Gasteiger charge is 2.31. The number of pyridine rings is 1. The molecule has 1 N–H and O–H groups in total. The number of tetrazole rings is 1. The van der Waals surface area contributed by atoms with Crippen molar-refractivity contribution in [2.45, 2.75) is 32.5 Å². The number of rotatable bonds is 12. The van der Waals surface area contributed by atoms with Crippen molar-refractivity contribution < 1.29 is 9.47 Å². The first kappa shape index (κ1) is 27.2. The van der Waals surface area contributed by atoms with E-state index in [0.717, 1.165) is 17.3 Å². The maximum atomic E-state index is 13.7. The number of nitrogens with zero attached hydrogens (tertiary/aromatic N) is 5. The third-order valence-electron chi connectivity index (χ3n) is 7.22. The van der Waals surface area contributed by atoms with E-state index in [2.05, 4.69) is 56.6 Å². The van der Waals surface area contributed by atoms with Crippen LogP contribution in [0.5, 0.6) is 5.75 Å². The molecule has 0 saturated carbocycles. The van der Waals surface area contributed by atoms with Crippen LogP contribution in [0, 0.1) is 6.92 Å². The van der Waals surface area contributed by atoms with E-state index in [9.17, 15) is 4.79 Å². The summed E-state index contributed by atoms with van der Waals surface area (Å²) in [5.74, 6) is 1.30. The Morgan fingerprint density at radius 1 is 1.00 bits per heavy atom. The molecule has 9 heteroatoms. The van der Waals surface area contributed by atoms with Crippen LogP contribution in [0.2, 0.25) is 0 Å². The van der Waals surface area contributed by atoms with Crippen LogP contribution in [0.4, 0.5) is 0 Å². The van der Waals surface area contributed by atoms with E-state index in [1.807, 2.05) is 54.6 Å². The van der Waals surface area contributed by atoms with Crippen molar-refractivity contribution in [3.05, 3.63) is 117 Å². The summed E-state index contributed by atoms with van der Waals surface area (Å²) in [7, 11) is 3.28. The van der Waals surface area contributed by atoms with E-state index in [0.29, 0.717) is 43.4 Å². The molecule has 0 aliphatic heterocycles. The molecule has 0 aliphatic carbocycles. The van der Waals surface area contributed by atoms with Crippen molar-refractivity contribution in [3.8, 4) is 5.75 Å². The molecule has 1 unspecified atom stereocenters. The lowest BCUT2D eigenvalue weighted by Gasteiger charge is -2.31. The molecule has 0 bridgehead atoms. The fourth-order valence-electron chi connectivity index (χ4n) is 5.00. The first-order chi connectivity index (χ1) is 19.6. The Morgan fingerprint density at radius 2 is 1.80 bits per heavy atom. The highest BCUT2D eigenvalue weighted by Crippen LogP contribution is 2.30. The molecule has 9 nitrogen and oxygen atoms in total. The van der Waals surface area contributed by atoms with Gasteiger partial charge in [0.05, 0.1) is 20.3 Å². The lowest BCUT2D eigenvalue weighted by molar-refractivity contribution is 0.172. The van der Waals surface area contributed by atoms with Gasteiger partial charge in [-0.1, -0.05) is 54.6 Å². The first-order valence-corrected chi connectivity index (χ1v) is 13.4. The van der Waals surface area contributed by atoms with Gasteiger partial charge in [0.25, 0.3) is 5.56 Å². The van der Waals surface area contributed by atoms with Gasteiger partial charge in [-0.3, -0.25) is 9.69 Å². The van der Waals surface area contributed by atoms with Crippen molar-refractivity contribution >= 4 is 10.9 Å². The molecular formula is C31H34N6O3. The molecule has 0 amide bonds. The fraction of sp³-hybridized carbons (Fsp3) is 0.290. The molecule has 5 aromatic rings. The molecule has 40 heavy (non-hydrogen) atoms. The summed E-state index contributed by atoms with van der Waals surface area (Å²) < 4.78 is 12.5. The Balaban J connectivity index is 1.66. The molecule has 0 fully saturated rings. The van der Waals surface area contributed by atoms with Gasteiger partial charge in [-0.15, -0.1) is 5.10 Å². The van der Waals surface area contributed by atoms with E-state index >= 15 is 0 Å². The minimum Gasteiger partial charge on any atom is -0.497 e. The summed E-state index contributed by atoms with van der Waals surface area (Å²) in [6.07, 6.45) is 0.794. The van der Waals surface area contributed by atoms with E-state index in [1.165, 1.54) is 16.7 Å². The molecule has 2 aromatic heterocycles. The Kier molecular flexibility index (Phi) is 8.63. The Bertz CT molecular complexity index is 1610. The molecule has 5 rings (SSSR count). The van der Waals surface area contributed by atoms with Gasteiger partial charge >= 0.3 is 0 Å². The molecule has 0 saturated heterocycles. The number of aromatic amines is 1. The molecular weight excluding hydrogens is 504 g/mol. The van der Waals surface area contributed by atoms with Crippen LogP contribution in [0.15, 0.2) is 83.7 Å². The van der Waals surface area contributed by atoms with Crippen molar-refractivity contribution in [3.63, 3.8) is 0 Å². The summed E-state index contributed by atoms with van der Waals surface area (Å²) in [4.78, 5) is 19.1. The monoisotopic (exact) mass is 538 g/mol. The van der Waals surface area contributed by atoms with Crippen LogP contribution >= 0.6 is 0 Å². The number of benzene rings is 3. The van der Waals surface area contributed by atoms with Crippen LogP contribution < -0.4 is 10.3 Å². The topological polar surface area (TPSA) is 98.2 Å². The second-order valence-electron chi connectivity index (χ2n) is 9.80. The zero-order valence-electron chi connectivity index (χ0n) is 23.1. The minimum absolute atomic E-state index is 0.182. The zero-order chi connectivity index (χ0) is 27.9. The van der Waals surface area contributed by atoms with Gasteiger partial charge in [-0.25, -0.2) is 4.68 Å². The SMILES string of the molecule is COCCn1nnnc1C(c1cc2cc(OC)ccc2[nH]c1=O)N(CCc1ccccc1)Cc1ccccc1C. The van der Waals surface area contributed by atoms with Crippen LogP contribution in [0.25, 0.3) is 10.9 Å². The molecule has 0 aliphatic rings. The predicted molar refractivity (Wildman–Crippen MR) is 154 cm³/mol. The smallest absolute Gasteiger partial charge is 0.253 e. The van der Waals surface area contributed by atoms with Crippen LogP contribution in [-0.4, -0.2) is 57.5 Å². The zero-order valence-corrected chi connectivity index (χ0v) is 23.1. The van der Waals surface area contributed by atoms with Crippen molar-refractivity contribution in [1.82, 2.24) is 30.1 Å². The van der Waals surface area contributed by atoms with Crippen molar-refractivity contribution in [2.75, 3.05) is 27.4 Å². The third-order valence-corrected chi connectivity index (χ3v) is 7.22. The quantitative estimate of drug-likeness (QED) is 0.253. The van der Waals surface area contributed by atoms with Crippen LogP contribution in [0.3, 0.4) is 0 Å². The largest absolute Gasteiger partial charge is 0.497 e. The molecule has 1 atom stereocenters. The number of H-pyrrole nitrogens is 1. The number of methoxy groups -OCH3 is 2. The average molecular weight is 539 g/mol. The van der Waals surface area contributed by atoms with Gasteiger partial charge < -0.3 is 14.5 Å². The summed E-state index contributed by atoms with van der Waals surface area (Å²) in [6.45, 7) is 4.30. The van der Waals surface area contributed by atoms with E-state index in [1.54, 1.807) is 18.9 Å². The van der Waals surface area contributed by atoms with Crippen molar-refractivity contribution in [1.29, 1.82) is 0 Å². The van der Waals surface area contributed by atoms with Gasteiger partial charge in [0.1, 0.15) is 11.8 Å². The molecule has 0 radical (unpaired) electrons. The maximum absolute atomic E-state index is 13.7. The molecule has 2 heterocycles. The van der Waals surface area contributed by atoms with E-state index < -0.39 is 6.04 Å². The Hall–Kier alpha value is -4.34. The summed E-state index contributed by atoms with van der Waals surface area (Å²) >= 11 is 0. The number of hydrogen-bond acceptors (Lipinski definition) is 7. The van der Waals surface area contributed by atoms with Crippen LogP contribution in [-0.2, 0) is 24.2 Å². The van der Waals surface area contributed by atoms with Gasteiger partial charge in [-0.2, -0.15) is 0 Å². The maximum Gasteiger partial charge on any atom is 0.253 e. The second kappa shape index (κ2) is 12.7. The molecule has 3 aromatic carbocycles. The standard InChI is InChI=1S/C31H34N6O3/c1-22-9-7-8-12-24(22)21-36(16-15-23-10-5-4-6-11-23)29(30-33-34-35-37(30)17-18-39-2)27-20-25-19-26(40-3)13-14-28(25)32-31(27)38/h4-14,19-20,29H,15-18,21H2,1-3H3,(H,32,38). The van der Waals surface area contributed by atoms with Gasteiger partial charge in [-0.05, 0) is 64.7 Å². The lowest BCUT2D eigenvalue weighted by atomic mass is 10.0.